The molecule has 8 aromatic rings. The van der Waals surface area contributed by atoms with Gasteiger partial charge in [0.2, 0.25) is 0 Å². The molecule has 8 rings (SSSR count). The summed E-state index contributed by atoms with van der Waals surface area (Å²) < 4.78 is 3.39. The molecule has 40 heavy (non-hydrogen) atoms. The van der Waals surface area contributed by atoms with Crippen molar-refractivity contribution in [2.24, 2.45) is 0 Å². The Morgan fingerprint density at radius 3 is 1.18 bits per heavy atom. The Bertz CT molecular complexity index is 1610. The van der Waals surface area contributed by atoms with Crippen LogP contribution in [0.15, 0.2) is 112 Å². The fourth-order valence-electron chi connectivity index (χ4n) is 3.14. The highest BCUT2D eigenvalue weighted by Gasteiger charge is 2.07. The fraction of sp³-hybridized carbons (Fsp3) is 0. The third-order valence-electron chi connectivity index (χ3n) is 4.87. The van der Waals surface area contributed by atoms with E-state index < -0.39 is 0 Å². The van der Waals surface area contributed by atoms with E-state index in [1.807, 2.05) is 36.4 Å². The van der Waals surface area contributed by atoms with Gasteiger partial charge in [0.05, 0.1) is 12.7 Å². The highest BCUT2D eigenvalue weighted by atomic mass is 15.3. The smallest absolute Gasteiger partial charge is 0.182 e. The van der Waals surface area contributed by atoms with E-state index in [9.17, 15) is 0 Å². The molecule has 16 nitrogen and oxygen atoms in total. The number of imidazole rings is 2. The summed E-state index contributed by atoms with van der Waals surface area (Å²) in [4.78, 5) is 37.8. The number of hydrogen-bond donors (Lipinski definition) is 2. The first kappa shape index (κ1) is 25.3. The third kappa shape index (κ3) is 6.51. The van der Waals surface area contributed by atoms with Crippen LogP contribution in [0, 0.1) is 0 Å². The number of hydrogen-bond acceptors (Lipinski definition) is 12. The number of aromatic nitrogens is 16. The van der Waals surface area contributed by atoms with Gasteiger partial charge in [-0.1, -0.05) is 12.1 Å². The van der Waals surface area contributed by atoms with Gasteiger partial charge in [0.25, 0.3) is 0 Å². The second-order valence-corrected chi connectivity index (χ2v) is 7.38. The maximum Gasteiger partial charge on any atom is 0.182 e. The SMILES string of the molecule is c1ccncc1.c1ccncc1.c1nc(-n2cnnc2)c2[nH]cnc2n1.c1nc(-n2cnnc2)c2[nH]cnc2n1. The predicted octanol–water partition coefficient (Wildman–Crippen LogP) is 2.03. The van der Waals surface area contributed by atoms with Crippen LogP contribution in [0.1, 0.15) is 0 Å². The Morgan fingerprint density at radius 2 is 0.850 bits per heavy atom. The first-order valence-corrected chi connectivity index (χ1v) is 11.6. The van der Waals surface area contributed by atoms with Crippen LogP contribution in [0.4, 0.5) is 0 Å². The molecule has 0 radical (unpaired) electrons. The number of rotatable bonds is 2. The minimum atomic E-state index is 0.628. The van der Waals surface area contributed by atoms with E-state index >= 15 is 0 Å². The Labute approximate surface area is 225 Å². The van der Waals surface area contributed by atoms with Gasteiger partial charge in [-0.05, 0) is 24.3 Å². The molecule has 0 spiro atoms. The molecular weight excluding hydrogens is 512 g/mol. The molecule has 0 atom stereocenters. The second-order valence-electron chi connectivity index (χ2n) is 7.38. The molecule has 0 saturated carbocycles. The normalized spacial score (nSPS) is 10.0. The number of nitrogens with zero attached hydrogens (tertiary/aromatic N) is 14. The highest BCUT2D eigenvalue weighted by molar-refractivity contribution is 5.77. The van der Waals surface area contributed by atoms with Crippen molar-refractivity contribution in [3.05, 3.63) is 112 Å². The van der Waals surface area contributed by atoms with Crippen molar-refractivity contribution in [3.63, 3.8) is 0 Å². The molecule has 0 amide bonds. The van der Waals surface area contributed by atoms with Gasteiger partial charge in [-0.3, -0.25) is 19.1 Å². The predicted molar refractivity (Wildman–Crippen MR) is 142 cm³/mol. The topological polar surface area (TPSA) is 196 Å². The Hall–Kier alpha value is -6.32. The van der Waals surface area contributed by atoms with E-state index in [1.165, 1.54) is 12.7 Å². The van der Waals surface area contributed by atoms with Crippen molar-refractivity contribution in [2.45, 2.75) is 0 Å². The lowest BCUT2D eigenvalue weighted by Gasteiger charge is -1.98. The Morgan fingerprint density at radius 1 is 0.450 bits per heavy atom. The van der Waals surface area contributed by atoms with Crippen LogP contribution in [0.25, 0.3) is 34.0 Å². The lowest BCUT2D eigenvalue weighted by Crippen LogP contribution is -1.96. The molecule has 0 saturated heterocycles. The molecule has 196 valence electrons. The van der Waals surface area contributed by atoms with Gasteiger partial charge < -0.3 is 9.97 Å². The van der Waals surface area contributed by atoms with Crippen LogP contribution in [-0.2, 0) is 0 Å². The number of fused-ring (bicyclic) bond motifs is 2. The Kier molecular flexibility index (Phi) is 8.42. The van der Waals surface area contributed by atoms with Crippen molar-refractivity contribution >= 4 is 22.3 Å². The molecule has 8 aromatic heterocycles. The molecule has 8 heterocycles. The van der Waals surface area contributed by atoms with E-state index in [-0.39, 0.29) is 0 Å². The van der Waals surface area contributed by atoms with E-state index in [0.29, 0.717) is 22.9 Å². The average molecular weight is 533 g/mol. The summed E-state index contributed by atoms with van der Waals surface area (Å²) in [6, 6.07) is 11.4. The minimum absolute atomic E-state index is 0.628. The molecule has 0 bridgehead atoms. The largest absolute Gasteiger partial charge is 0.340 e. The molecular formula is C24H20N16. The maximum atomic E-state index is 4.12. The summed E-state index contributed by atoms with van der Waals surface area (Å²) in [6.45, 7) is 0. The van der Waals surface area contributed by atoms with Crippen LogP contribution in [0.3, 0.4) is 0 Å². The summed E-state index contributed by atoms with van der Waals surface area (Å²) in [5, 5.41) is 14.8. The van der Waals surface area contributed by atoms with Gasteiger partial charge in [0, 0.05) is 24.8 Å². The van der Waals surface area contributed by atoms with Gasteiger partial charge in [0.15, 0.2) is 22.9 Å². The number of nitrogens with one attached hydrogen (secondary N) is 2. The van der Waals surface area contributed by atoms with Crippen molar-refractivity contribution in [1.29, 1.82) is 0 Å². The molecule has 0 aromatic carbocycles. The van der Waals surface area contributed by atoms with E-state index in [2.05, 4.69) is 70.2 Å². The summed E-state index contributed by atoms with van der Waals surface area (Å²) in [5.41, 5.74) is 2.80. The van der Waals surface area contributed by atoms with Crippen LogP contribution in [0.2, 0.25) is 0 Å². The van der Waals surface area contributed by atoms with Gasteiger partial charge in [0.1, 0.15) is 49.0 Å². The zero-order valence-corrected chi connectivity index (χ0v) is 20.7. The second kappa shape index (κ2) is 13.3. The first-order valence-electron chi connectivity index (χ1n) is 11.6. The van der Waals surface area contributed by atoms with Gasteiger partial charge >= 0.3 is 0 Å². The third-order valence-corrected chi connectivity index (χ3v) is 4.87. The van der Waals surface area contributed by atoms with E-state index in [0.717, 1.165) is 11.0 Å². The molecule has 0 aliphatic rings. The molecule has 2 N–H and O–H groups in total. The number of aromatic amines is 2. The van der Waals surface area contributed by atoms with E-state index in [4.69, 9.17) is 0 Å². The van der Waals surface area contributed by atoms with Gasteiger partial charge in [-0.25, -0.2) is 29.9 Å². The monoisotopic (exact) mass is 532 g/mol. The van der Waals surface area contributed by atoms with Crippen LogP contribution in [0.5, 0.6) is 0 Å². The number of H-pyrrole nitrogens is 2. The molecule has 0 aliphatic carbocycles. The maximum absolute atomic E-state index is 4.12. The quantitative estimate of drug-likeness (QED) is 0.329. The zero-order chi connectivity index (χ0) is 27.2. The summed E-state index contributed by atoms with van der Waals surface area (Å²) in [5.74, 6) is 1.38. The van der Waals surface area contributed by atoms with Crippen molar-refractivity contribution in [1.82, 2.24) is 79.4 Å². The van der Waals surface area contributed by atoms with Crippen molar-refractivity contribution in [2.75, 3.05) is 0 Å². The van der Waals surface area contributed by atoms with Crippen molar-refractivity contribution in [3.8, 4) is 11.6 Å². The minimum Gasteiger partial charge on any atom is -0.340 e. The van der Waals surface area contributed by atoms with Crippen LogP contribution in [-0.4, -0.2) is 79.4 Å². The first-order chi connectivity index (χ1) is 19.9. The average Bonchev–Trinajstić information content (AvgIpc) is 3.87. The molecule has 16 heteroatoms. The van der Waals surface area contributed by atoms with E-state index in [1.54, 1.807) is 71.9 Å². The fourth-order valence-corrected chi connectivity index (χ4v) is 3.14. The van der Waals surface area contributed by atoms with Crippen LogP contribution >= 0.6 is 0 Å². The summed E-state index contributed by atoms with van der Waals surface area (Å²) in [6.07, 6.45) is 19.4. The number of pyridine rings is 2. The molecule has 0 aliphatic heterocycles. The lowest BCUT2D eigenvalue weighted by atomic mass is 10.5. The van der Waals surface area contributed by atoms with Crippen LogP contribution < -0.4 is 0 Å². The molecule has 0 fully saturated rings. The summed E-state index contributed by atoms with van der Waals surface area (Å²) in [7, 11) is 0. The lowest BCUT2D eigenvalue weighted by molar-refractivity contribution is 0.985. The zero-order valence-electron chi connectivity index (χ0n) is 20.7. The van der Waals surface area contributed by atoms with Gasteiger partial charge in [-0.15, -0.1) is 20.4 Å². The Balaban J connectivity index is 0.000000116. The highest BCUT2D eigenvalue weighted by Crippen LogP contribution is 2.13. The van der Waals surface area contributed by atoms with Crippen molar-refractivity contribution < 1.29 is 0 Å². The standard InChI is InChI=1S/2C7H5N7.2C5H5N/c2*1-8-5-6(9-1)10-2-11-7(5)14-3-12-13-4-14;2*1-2-4-6-5-3-1/h2*1-4H,(H,8,9,10,11);2*1-5H. The summed E-state index contributed by atoms with van der Waals surface area (Å²) >= 11 is 0. The molecule has 0 unspecified atom stereocenters. The van der Waals surface area contributed by atoms with Gasteiger partial charge in [-0.2, -0.15) is 0 Å².